The third kappa shape index (κ3) is 8.71. The highest BCUT2D eigenvalue weighted by Crippen LogP contribution is 2.24. The molecule has 2 aliphatic heterocycles. The first kappa shape index (κ1) is 26.0. The van der Waals surface area contributed by atoms with Crippen molar-refractivity contribution in [3.05, 3.63) is 24.3 Å². The van der Waals surface area contributed by atoms with Gasteiger partial charge in [0.1, 0.15) is 0 Å². The van der Waals surface area contributed by atoms with Gasteiger partial charge in [-0.05, 0) is 19.3 Å². The van der Waals surface area contributed by atoms with Crippen LogP contribution in [0.4, 0.5) is 0 Å². The fraction of sp³-hybridized carbons (Fsp3) is 0.692. The average molecular weight is 445 g/mol. The number of nitrogens with zero attached hydrogens (tertiary/aromatic N) is 2. The highest BCUT2D eigenvalue weighted by molar-refractivity contribution is 6.13. The minimum atomic E-state index is -0.152. The maximum absolute atomic E-state index is 11.3. The topological polar surface area (TPSA) is 74.8 Å². The quantitative estimate of drug-likeness (QED) is 0.311. The second-order valence-electron chi connectivity index (χ2n) is 9.02. The molecule has 2 heterocycles. The van der Waals surface area contributed by atoms with E-state index in [1.54, 1.807) is 0 Å². The zero-order valence-electron chi connectivity index (χ0n) is 19.7. The molecule has 0 radical (unpaired) electrons. The molecule has 6 nitrogen and oxygen atoms in total. The first-order valence-electron chi connectivity index (χ1n) is 12.6. The lowest BCUT2D eigenvalue weighted by molar-refractivity contribution is -0.140. The lowest BCUT2D eigenvalue weighted by atomic mass is 9.94. The van der Waals surface area contributed by atoms with E-state index in [9.17, 15) is 19.2 Å². The van der Waals surface area contributed by atoms with E-state index in [0.29, 0.717) is 6.54 Å². The first-order valence-corrected chi connectivity index (χ1v) is 12.6. The van der Waals surface area contributed by atoms with Crippen LogP contribution in [0, 0.1) is 0 Å². The van der Waals surface area contributed by atoms with Gasteiger partial charge in [-0.15, -0.1) is 0 Å². The van der Waals surface area contributed by atoms with Crippen molar-refractivity contribution in [3.63, 3.8) is 0 Å². The van der Waals surface area contributed by atoms with Gasteiger partial charge in [-0.1, -0.05) is 84.0 Å². The minimum absolute atomic E-state index is 0.128. The number of carbonyl (C=O) groups is 4. The number of unbranched alkanes of at least 4 members (excludes halogenated alkanes) is 9. The number of carbonyl (C=O) groups excluding carboxylic acids is 4. The summed E-state index contributed by atoms with van der Waals surface area (Å²) in [4.78, 5) is 47.9. The Morgan fingerprint density at radius 1 is 0.625 bits per heavy atom. The van der Waals surface area contributed by atoms with Gasteiger partial charge in [-0.3, -0.25) is 29.0 Å². The van der Waals surface area contributed by atoms with Gasteiger partial charge in [-0.25, -0.2) is 0 Å². The Balaban J connectivity index is 0.000000242. The van der Waals surface area contributed by atoms with Crippen molar-refractivity contribution >= 4 is 23.6 Å². The molecule has 32 heavy (non-hydrogen) atoms. The van der Waals surface area contributed by atoms with Crippen LogP contribution in [0.1, 0.15) is 103 Å². The third-order valence-corrected chi connectivity index (χ3v) is 6.42. The molecule has 1 aliphatic carbocycles. The van der Waals surface area contributed by atoms with Crippen LogP contribution in [-0.4, -0.2) is 46.0 Å². The smallest absolute Gasteiger partial charge is 0.253 e. The molecule has 1 fully saturated rings. The SMILES string of the molecule is CCCCCCCCCCCCN1C(=O)C=CC1=O.O=C1C=CC(=O)N1C1CCCCC1. The molecule has 6 heteroatoms. The van der Waals surface area contributed by atoms with E-state index >= 15 is 0 Å². The van der Waals surface area contributed by atoms with Gasteiger partial charge in [0, 0.05) is 36.9 Å². The average Bonchev–Trinajstić information content (AvgIpc) is 3.31. The molecule has 0 bridgehead atoms. The molecule has 0 N–H and O–H groups in total. The Bertz CT molecular complexity index is 656. The van der Waals surface area contributed by atoms with Crippen molar-refractivity contribution in [1.29, 1.82) is 0 Å². The summed E-state index contributed by atoms with van der Waals surface area (Å²) in [6.07, 6.45) is 23.6. The molecule has 0 atom stereocenters. The molecule has 0 spiro atoms. The highest BCUT2D eigenvalue weighted by Gasteiger charge is 2.31. The van der Waals surface area contributed by atoms with Crippen LogP contribution in [0.5, 0.6) is 0 Å². The van der Waals surface area contributed by atoms with Crippen molar-refractivity contribution in [2.75, 3.05) is 6.54 Å². The van der Waals surface area contributed by atoms with E-state index in [1.165, 1.54) is 91.9 Å². The fourth-order valence-corrected chi connectivity index (χ4v) is 4.52. The molecule has 1 saturated carbocycles. The largest absolute Gasteiger partial charge is 0.275 e. The van der Waals surface area contributed by atoms with Crippen molar-refractivity contribution in [1.82, 2.24) is 9.80 Å². The lowest BCUT2D eigenvalue weighted by Crippen LogP contribution is -2.41. The van der Waals surface area contributed by atoms with Crippen LogP contribution < -0.4 is 0 Å². The second-order valence-corrected chi connectivity index (χ2v) is 9.02. The maximum atomic E-state index is 11.3. The summed E-state index contributed by atoms with van der Waals surface area (Å²) in [5.74, 6) is -0.560. The molecule has 3 rings (SSSR count). The number of rotatable bonds is 12. The standard InChI is InChI=1S/C16H27NO2.C10H13NO2/c1-2-3-4-5-6-7-8-9-10-11-14-17-15(18)12-13-16(17)19;12-9-6-7-10(13)11(9)8-4-2-1-3-5-8/h12-13H,2-11,14H2,1H3;6-8H,1-5H2. The summed E-state index contributed by atoms with van der Waals surface area (Å²) < 4.78 is 0. The van der Waals surface area contributed by atoms with Gasteiger partial charge in [0.05, 0.1) is 0 Å². The summed E-state index contributed by atoms with van der Waals surface area (Å²) >= 11 is 0. The Morgan fingerprint density at radius 2 is 1.06 bits per heavy atom. The predicted octanol–water partition coefficient (Wildman–Crippen LogP) is 5.08. The monoisotopic (exact) mass is 444 g/mol. The highest BCUT2D eigenvalue weighted by atomic mass is 16.2. The molecular formula is C26H40N2O4. The molecule has 4 amide bonds. The van der Waals surface area contributed by atoms with Crippen molar-refractivity contribution in [2.24, 2.45) is 0 Å². The second kappa shape index (κ2) is 14.8. The summed E-state index contributed by atoms with van der Waals surface area (Å²) in [6.45, 7) is 2.83. The van der Waals surface area contributed by atoms with Gasteiger partial charge in [0.2, 0.25) is 0 Å². The summed E-state index contributed by atoms with van der Waals surface area (Å²) in [7, 11) is 0. The normalized spacial score (nSPS) is 18.7. The zero-order chi connectivity index (χ0) is 23.2. The first-order chi connectivity index (χ1) is 15.5. The van der Waals surface area contributed by atoms with Crippen molar-refractivity contribution < 1.29 is 19.2 Å². The summed E-state index contributed by atoms with van der Waals surface area (Å²) in [5.41, 5.74) is 0. The van der Waals surface area contributed by atoms with Gasteiger partial charge in [0.25, 0.3) is 23.6 Å². The summed E-state index contributed by atoms with van der Waals surface area (Å²) in [5, 5.41) is 0. The van der Waals surface area contributed by atoms with E-state index in [0.717, 1.165) is 38.5 Å². The van der Waals surface area contributed by atoms with Gasteiger partial charge in [0.15, 0.2) is 0 Å². The predicted molar refractivity (Wildman–Crippen MR) is 126 cm³/mol. The van der Waals surface area contributed by atoms with Gasteiger partial charge < -0.3 is 0 Å². The molecule has 3 aliphatic rings. The number of amides is 4. The fourth-order valence-electron chi connectivity index (χ4n) is 4.52. The van der Waals surface area contributed by atoms with Gasteiger partial charge in [-0.2, -0.15) is 0 Å². The van der Waals surface area contributed by atoms with Crippen LogP contribution >= 0.6 is 0 Å². The minimum Gasteiger partial charge on any atom is -0.275 e. The Hall–Kier alpha value is -2.24. The molecular weight excluding hydrogens is 404 g/mol. The van der Waals surface area contributed by atoms with Crippen LogP contribution in [0.15, 0.2) is 24.3 Å². The number of hydrogen-bond donors (Lipinski definition) is 0. The Kier molecular flexibility index (Phi) is 12.0. The van der Waals surface area contributed by atoms with Crippen LogP contribution in [0.2, 0.25) is 0 Å². The van der Waals surface area contributed by atoms with E-state index in [1.807, 2.05) is 0 Å². The third-order valence-electron chi connectivity index (χ3n) is 6.42. The molecule has 0 aromatic heterocycles. The van der Waals surface area contributed by atoms with Crippen molar-refractivity contribution in [3.8, 4) is 0 Å². The zero-order valence-corrected chi connectivity index (χ0v) is 19.7. The maximum Gasteiger partial charge on any atom is 0.253 e. The molecule has 0 unspecified atom stereocenters. The number of imide groups is 2. The van der Waals surface area contributed by atoms with Crippen molar-refractivity contribution in [2.45, 2.75) is 109 Å². The van der Waals surface area contributed by atoms with E-state index in [4.69, 9.17) is 0 Å². The van der Waals surface area contributed by atoms with Crippen LogP contribution in [-0.2, 0) is 19.2 Å². The van der Waals surface area contributed by atoms with E-state index in [2.05, 4.69) is 6.92 Å². The van der Waals surface area contributed by atoms with E-state index in [-0.39, 0.29) is 29.7 Å². The van der Waals surface area contributed by atoms with Crippen LogP contribution in [0.3, 0.4) is 0 Å². The molecule has 178 valence electrons. The molecule has 0 saturated heterocycles. The number of hydrogen-bond acceptors (Lipinski definition) is 4. The lowest BCUT2D eigenvalue weighted by Gasteiger charge is -2.29. The molecule has 0 aromatic carbocycles. The Labute approximate surface area is 193 Å². The van der Waals surface area contributed by atoms with Gasteiger partial charge >= 0.3 is 0 Å². The van der Waals surface area contributed by atoms with Crippen LogP contribution in [0.25, 0.3) is 0 Å². The summed E-state index contributed by atoms with van der Waals surface area (Å²) in [6, 6.07) is 0.170. The Morgan fingerprint density at radius 3 is 1.56 bits per heavy atom. The van der Waals surface area contributed by atoms with E-state index < -0.39 is 0 Å². The molecule has 0 aromatic rings.